The minimum atomic E-state index is -4.33. The number of carbonyl (C=O) groups excluding carboxylic acids is 1. The minimum absolute atomic E-state index is 0.0157. The van der Waals surface area contributed by atoms with Gasteiger partial charge in [-0.2, -0.15) is 13.2 Å². The van der Waals surface area contributed by atoms with E-state index in [0.29, 0.717) is 25.3 Å². The van der Waals surface area contributed by atoms with Crippen molar-refractivity contribution in [3.63, 3.8) is 0 Å². The number of amides is 1. The molecule has 3 aliphatic rings. The number of nitrogens with one attached hydrogen (secondary N) is 3. The zero-order chi connectivity index (χ0) is 23.7. The van der Waals surface area contributed by atoms with Crippen molar-refractivity contribution in [1.29, 1.82) is 0 Å². The Bertz CT molecular complexity index is 1020. The SMILES string of the molecule is O=C(NCCN1CCN(c2cccc(C(F)(F)F)c2)CC1)C1NNC2c3ccccc3CCC12. The van der Waals surface area contributed by atoms with Crippen molar-refractivity contribution in [3.8, 4) is 0 Å². The highest BCUT2D eigenvalue weighted by molar-refractivity contribution is 5.82. The lowest BCUT2D eigenvalue weighted by atomic mass is 9.77. The second-order valence-electron chi connectivity index (χ2n) is 9.31. The van der Waals surface area contributed by atoms with Crippen LogP contribution in [0.1, 0.15) is 29.2 Å². The number of hydrogen-bond acceptors (Lipinski definition) is 5. The Morgan fingerprint density at radius 2 is 1.82 bits per heavy atom. The molecule has 2 aromatic rings. The van der Waals surface area contributed by atoms with Crippen LogP contribution in [-0.2, 0) is 17.4 Å². The topological polar surface area (TPSA) is 59.6 Å². The molecule has 0 spiro atoms. The second kappa shape index (κ2) is 9.56. The van der Waals surface area contributed by atoms with Crippen molar-refractivity contribution >= 4 is 11.6 Å². The Morgan fingerprint density at radius 1 is 1.03 bits per heavy atom. The molecule has 182 valence electrons. The van der Waals surface area contributed by atoms with E-state index in [4.69, 9.17) is 0 Å². The molecule has 2 saturated heterocycles. The number of anilines is 1. The average Bonchev–Trinajstić information content (AvgIpc) is 3.29. The molecule has 1 amide bonds. The third-order valence-corrected chi connectivity index (χ3v) is 7.31. The van der Waals surface area contributed by atoms with Gasteiger partial charge in [0.05, 0.1) is 11.6 Å². The van der Waals surface area contributed by atoms with Crippen LogP contribution in [0.3, 0.4) is 0 Å². The van der Waals surface area contributed by atoms with Crippen LogP contribution in [0.4, 0.5) is 18.9 Å². The quantitative estimate of drug-likeness (QED) is 0.624. The number of halogens is 3. The van der Waals surface area contributed by atoms with Gasteiger partial charge >= 0.3 is 6.18 Å². The number of rotatable bonds is 5. The fraction of sp³-hybridized carbons (Fsp3) is 0.480. The Hall–Kier alpha value is -2.62. The summed E-state index contributed by atoms with van der Waals surface area (Å²) in [4.78, 5) is 17.1. The summed E-state index contributed by atoms with van der Waals surface area (Å²) < 4.78 is 39.0. The van der Waals surface area contributed by atoms with E-state index in [1.807, 2.05) is 11.0 Å². The number of alkyl halides is 3. The van der Waals surface area contributed by atoms with Crippen LogP contribution in [0, 0.1) is 5.92 Å². The lowest BCUT2D eigenvalue weighted by Crippen LogP contribution is -2.50. The highest BCUT2D eigenvalue weighted by Crippen LogP contribution is 2.38. The van der Waals surface area contributed by atoms with Gasteiger partial charge in [-0.3, -0.25) is 9.69 Å². The van der Waals surface area contributed by atoms with E-state index in [2.05, 4.69) is 39.3 Å². The molecular weight excluding hydrogens is 443 g/mol. The predicted octanol–water partition coefficient (Wildman–Crippen LogP) is 2.72. The smallest absolute Gasteiger partial charge is 0.369 e. The number of aryl methyl sites for hydroxylation is 1. The lowest BCUT2D eigenvalue weighted by molar-refractivity contribution is -0.137. The van der Waals surface area contributed by atoms with Gasteiger partial charge in [0.15, 0.2) is 0 Å². The largest absolute Gasteiger partial charge is 0.416 e. The van der Waals surface area contributed by atoms with Gasteiger partial charge < -0.3 is 10.2 Å². The minimum Gasteiger partial charge on any atom is -0.369 e. The number of benzene rings is 2. The van der Waals surface area contributed by atoms with Crippen LogP contribution >= 0.6 is 0 Å². The molecule has 3 atom stereocenters. The molecule has 1 aliphatic carbocycles. The number of carbonyl (C=O) groups is 1. The summed E-state index contributed by atoms with van der Waals surface area (Å²) in [7, 11) is 0. The first-order chi connectivity index (χ1) is 16.4. The molecule has 2 heterocycles. The van der Waals surface area contributed by atoms with Gasteiger partial charge in [-0.25, -0.2) is 10.9 Å². The van der Waals surface area contributed by atoms with Gasteiger partial charge in [0.1, 0.15) is 6.04 Å². The van der Waals surface area contributed by atoms with E-state index >= 15 is 0 Å². The molecule has 0 aromatic heterocycles. The molecule has 2 aliphatic heterocycles. The predicted molar refractivity (Wildman–Crippen MR) is 124 cm³/mol. The molecule has 5 rings (SSSR count). The fourth-order valence-corrected chi connectivity index (χ4v) is 5.43. The van der Waals surface area contributed by atoms with Gasteiger partial charge in [0.25, 0.3) is 0 Å². The first-order valence-electron chi connectivity index (χ1n) is 11.9. The zero-order valence-corrected chi connectivity index (χ0v) is 18.9. The number of nitrogens with zero attached hydrogens (tertiary/aromatic N) is 2. The van der Waals surface area contributed by atoms with Crippen molar-refractivity contribution < 1.29 is 18.0 Å². The van der Waals surface area contributed by atoms with Crippen LogP contribution in [-0.4, -0.2) is 56.1 Å². The number of fused-ring (bicyclic) bond motifs is 3. The summed E-state index contributed by atoms with van der Waals surface area (Å²) in [6.45, 7) is 4.08. The van der Waals surface area contributed by atoms with E-state index in [1.54, 1.807) is 6.07 Å². The second-order valence-corrected chi connectivity index (χ2v) is 9.31. The summed E-state index contributed by atoms with van der Waals surface area (Å²) in [6, 6.07) is 13.8. The first-order valence-corrected chi connectivity index (χ1v) is 11.9. The van der Waals surface area contributed by atoms with Crippen molar-refractivity contribution in [2.75, 3.05) is 44.2 Å². The molecule has 34 heavy (non-hydrogen) atoms. The third kappa shape index (κ3) is 4.78. The Balaban J connectivity index is 1.08. The van der Waals surface area contributed by atoms with Gasteiger partial charge in [-0.1, -0.05) is 30.3 Å². The normalized spacial score (nSPS) is 25.0. The van der Waals surface area contributed by atoms with Crippen molar-refractivity contribution in [2.45, 2.75) is 31.1 Å². The highest BCUT2D eigenvalue weighted by Gasteiger charge is 2.43. The Labute approximate surface area is 197 Å². The molecular formula is C25H30F3N5O. The standard InChI is InChI=1S/C25H30F3N5O/c26-25(27,28)18-5-3-6-19(16-18)33-14-12-32(13-15-33)11-10-29-24(34)23-21-9-8-17-4-1-2-7-20(17)22(21)30-31-23/h1-7,16,21-23,30-31H,8-15H2,(H,29,34). The van der Waals surface area contributed by atoms with Crippen LogP contribution in [0.2, 0.25) is 0 Å². The third-order valence-electron chi connectivity index (χ3n) is 7.31. The molecule has 6 nitrogen and oxygen atoms in total. The average molecular weight is 474 g/mol. The number of hydrazine groups is 1. The summed E-state index contributed by atoms with van der Waals surface area (Å²) in [5.41, 5.74) is 9.14. The van der Waals surface area contributed by atoms with Crippen LogP contribution in [0.15, 0.2) is 48.5 Å². The maximum absolute atomic E-state index is 13.0. The molecule has 2 fully saturated rings. The van der Waals surface area contributed by atoms with E-state index < -0.39 is 11.7 Å². The summed E-state index contributed by atoms with van der Waals surface area (Å²) in [6.07, 6.45) is -2.38. The summed E-state index contributed by atoms with van der Waals surface area (Å²) >= 11 is 0. The number of hydrogen-bond donors (Lipinski definition) is 3. The lowest BCUT2D eigenvalue weighted by Gasteiger charge is -2.36. The molecule has 3 N–H and O–H groups in total. The zero-order valence-electron chi connectivity index (χ0n) is 18.9. The van der Waals surface area contributed by atoms with E-state index in [1.165, 1.54) is 23.3 Å². The Kier molecular flexibility index (Phi) is 6.50. The summed E-state index contributed by atoms with van der Waals surface area (Å²) in [5, 5.41) is 3.07. The molecule has 0 radical (unpaired) electrons. The molecule has 0 bridgehead atoms. The molecule has 3 unspecified atom stereocenters. The monoisotopic (exact) mass is 473 g/mol. The van der Waals surface area contributed by atoms with E-state index in [0.717, 1.165) is 38.5 Å². The van der Waals surface area contributed by atoms with Crippen molar-refractivity contribution in [1.82, 2.24) is 21.1 Å². The van der Waals surface area contributed by atoms with Gasteiger partial charge in [0, 0.05) is 50.9 Å². The maximum Gasteiger partial charge on any atom is 0.416 e. The van der Waals surface area contributed by atoms with Crippen LogP contribution in [0.25, 0.3) is 0 Å². The number of piperazine rings is 1. The first kappa shape index (κ1) is 23.1. The summed E-state index contributed by atoms with van der Waals surface area (Å²) in [5.74, 6) is 0.243. The van der Waals surface area contributed by atoms with Crippen LogP contribution < -0.4 is 21.1 Å². The van der Waals surface area contributed by atoms with Gasteiger partial charge in [-0.15, -0.1) is 0 Å². The molecule has 2 aromatic carbocycles. The fourth-order valence-electron chi connectivity index (χ4n) is 5.43. The van der Waals surface area contributed by atoms with Gasteiger partial charge in [0.2, 0.25) is 5.91 Å². The Morgan fingerprint density at radius 3 is 2.62 bits per heavy atom. The van der Waals surface area contributed by atoms with Crippen molar-refractivity contribution in [3.05, 3.63) is 65.2 Å². The molecule has 0 saturated carbocycles. The van der Waals surface area contributed by atoms with E-state index in [9.17, 15) is 18.0 Å². The maximum atomic E-state index is 13.0. The highest BCUT2D eigenvalue weighted by atomic mass is 19.4. The van der Waals surface area contributed by atoms with E-state index in [-0.39, 0.29) is 23.9 Å². The van der Waals surface area contributed by atoms with Crippen LogP contribution in [0.5, 0.6) is 0 Å². The van der Waals surface area contributed by atoms with Gasteiger partial charge in [-0.05, 0) is 42.2 Å². The molecule has 9 heteroatoms. The van der Waals surface area contributed by atoms with Crippen molar-refractivity contribution in [2.24, 2.45) is 5.92 Å².